The second-order valence-electron chi connectivity index (χ2n) is 4.40. The number of carbonyl (C=O) groups excluding carboxylic acids is 2. The van der Waals surface area contributed by atoms with Gasteiger partial charge in [-0.3, -0.25) is 9.69 Å². The molecule has 2 heterocycles. The fourth-order valence-corrected chi connectivity index (χ4v) is 2.63. The summed E-state index contributed by atoms with van der Waals surface area (Å²) in [5.41, 5.74) is 1.11. The van der Waals surface area contributed by atoms with Gasteiger partial charge < -0.3 is 15.7 Å². The molecule has 1 aromatic heterocycles. The largest absolute Gasteiger partial charge is 0.480 e. The molecule has 3 amide bonds. The Kier molecular flexibility index (Phi) is 4.57. The lowest BCUT2D eigenvalue weighted by molar-refractivity contribution is -0.144. The maximum Gasteiger partial charge on any atom is 0.328 e. The second kappa shape index (κ2) is 6.38. The van der Waals surface area contributed by atoms with E-state index in [1.165, 1.54) is 0 Å². The van der Waals surface area contributed by atoms with Crippen molar-refractivity contribution in [1.29, 1.82) is 0 Å². The van der Waals surface area contributed by atoms with Crippen molar-refractivity contribution in [3.63, 3.8) is 0 Å². The van der Waals surface area contributed by atoms with Crippen LogP contribution in [0.2, 0.25) is 0 Å². The number of urea groups is 1. The molecular weight excluding hydrogens is 282 g/mol. The number of piperazine rings is 1. The first-order chi connectivity index (χ1) is 9.58. The van der Waals surface area contributed by atoms with Crippen LogP contribution < -0.4 is 10.6 Å². The molecule has 0 aliphatic carbocycles. The van der Waals surface area contributed by atoms with Crippen molar-refractivity contribution in [2.75, 3.05) is 19.6 Å². The number of thiophene rings is 1. The quantitative estimate of drug-likeness (QED) is 0.722. The standard InChI is InChI=1S/C12H15N3O4S/c16-10-6-15(9(5-14-10)11(17)18)12(19)13-3-1-8-2-4-20-7-8/h2,4,7,9H,1,3,5-6H2,(H,13,19)(H,14,16)(H,17,18). The number of rotatable bonds is 4. The molecule has 2 rings (SSSR count). The molecule has 1 aliphatic heterocycles. The maximum atomic E-state index is 12.0. The lowest BCUT2D eigenvalue weighted by atomic mass is 10.2. The predicted octanol–water partition coefficient (Wildman–Crippen LogP) is -0.115. The van der Waals surface area contributed by atoms with E-state index in [1.54, 1.807) is 11.3 Å². The predicted molar refractivity (Wildman–Crippen MR) is 72.6 cm³/mol. The summed E-state index contributed by atoms with van der Waals surface area (Å²) in [6, 6.07) is 0.418. The number of nitrogens with zero attached hydrogens (tertiary/aromatic N) is 1. The van der Waals surface area contributed by atoms with Gasteiger partial charge >= 0.3 is 12.0 Å². The molecular formula is C12H15N3O4S. The second-order valence-corrected chi connectivity index (χ2v) is 5.18. The molecule has 20 heavy (non-hydrogen) atoms. The van der Waals surface area contributed by atoms with Crippen LogP contribution in [0.5, 0.6) is 0 Å². The van der Waals surface area contributed by atoms with Gasteiger partial charge in [-0.1, -0.05) is 0 Å². The molecule has 0 saturated carbocycles. The first-order valence-electron chi connectivity index (χ1n) is 6.13. The van der Waals surface area contributed by atoms with Gasteiger partial charge in [0, 0.05) is 13.1 Å². The third kappa shape index (κ3) is 3.47. The van der Waals surface area contributed by atoms with E-state index >= 15 is 0 Å². The van der Waals surface area contributed by atoms with Gasteiger partial charge in [-0.05, 0) is 28.8 Å². The SMILES string of the molecule is O=C1CN(C(=O)NCCc2ccsc2)C(C(=O)O)CN1. The van der Waals surface area contributed by atoms with E-state index in [-0.39, 0.29) is 19.0 Å². The summed E-state index contributed by atoms with van der Waals surface area (Å²) in [7, 11) is 0. The summed E-state index contributed by atoms with van der Waals surface area (Å²) in [6.07, 6.45) is 0.674. The minimum absolute atomic E-state index is 0.0634. The van der Waals surface area contributed by atoms with Crippen molar-refractivity contribution in [3.8, 4) is 0 Å². The van der Waals surface area contributed by atoms with E-state index < -0.39 is 18.0 Å². The van der Waals surface area contributed by atoms with Crippen molar-refractivity contribution in [1.82, 2.24) is 15.5 Å². The number of amides is 3. The van der Waals surface area contributed by atoms with Gasteiger partial charge in [-0.15, -0.1) is 0 Å². The van der Waals surface area contributed by atoms with Crippen LogP contribution in [-0.2, 0) is 16.0 Å². The molecule has 1 unspecified atom stereocenters. The third-order valence-corrected chi connectivity index (χ3v) is 3.73. The zero-order valence-electron chi connectivity index (χ0n) is 10.7. The Bertz CT molecular complexity index is 503. The Morgan fingerprint density at radius 1 is 1.55 bits per heavy atom. The van der Waals surface area contributed by atoms with Crippen molar-refractivity contribution in [2.24, 2.45) is 0 Å². The highest BCUT2D eigenvalue weighted by molar-refractivity contribution is 7.07. The summed E-state index contributed by atoms with van der Waals surface area (Å²) < 4.78 is 0. The number of nitrogens with one attached hydrogen (secondary N) is 2. The number of aliphatic carboxylic acids is 1. The average Bonchev–Trinajstić information content (AvgIpc) is 2.91. The first kappa shape index (κ1) is 14.3. The van der Waals surface area contributed by atoms with Crippen LogP contribution in [0.3, 0.4) is 0 Å². The van der Waals surface area contributed by atoms with Crippen LogP contribution in [0.1, 0.15) is 5.56 Å². The molecule has 0 radical (unpaired) electrons. The maximum absolute atomic E-state index is 12.0. The van der Waals surface area contributed by atoms with Gasteiger partial charge in [-0.2, -0.15) is 11.3 Å². The van der Waals surface area contributed by atoms with E-state index in [2.05, 4.69) is 10.6 Å². The van der Waals surface area contributed by atoms with E-state index in [9.17, 15) is 14.4 Å². The van der Waals surface area contributed by atoms with Crippen molar-refractivity contribution < 1.29 is 19.5 Å². The normalized spacial score (nSPS) is 18.5. The Morgan fingerprint density at radius 2 is 2.35 bits per heavy atom. The van der Waals surface area contributed by atoms with Crippen LogP contribution in [0.25, 0.3) is 0 Å². The van der Waals surface area contributed by atoms with Gasteiger partial charge in [0.25, 0.3) is 0 Å². The molecule has 7 nitrogen and oxygen atoms in total. The molecule has 0 spiro atoms. The first-order valence-corrected chi connectivity index (χ1v) is 7.07. The summed E-state index contributed by atoms with van der Waals surface area (Å²) in [5.74, 6) is -1.48. The Balaban J connectivity index is 1.88. The minimum atomic E-state index is -1.13. The lowest BCUT2D eigenvalue weighted by Gasteiger charge is -2.32. The molecule has 1 aromatic rings. The van der Waals surface area contributed by atoms with Gasteiger partial charge in [0.2, 0.25) is 5.91 Å². The molecule has 8 heteroatoms. The van der Waals surface area contributed by atoms with Crippen LogP contribution in [0.15, 0.2) is 16.8 Å². The molecule has 3 N–H and O–H groups in total. The van der Waals surface area contributed by atoms with E-state index in [1.807, 2.05) is 16.8 Å². The summed E-state index contributed by atoms with van der Waals surface area (Å²) in [6.45, 7) is 0.105. The highest BCUT2D eigenvalue weighted by Crippen LogP contribution is 2.07. The molecule has 0 aromatic carbocycles. The fraction of sp³-hybridized carbons (Fsp3) is 0.417. The number of hydrogen-bond donors (Lipinski definition) is 3. The molecule has 1 saturated heterocycles. The van der Waals surface area contributed by atoms with Crippen LogP contribution in [0.4, 0.5) is 4.79 Å². The molecule has 1 atom stereocenters. The zero-order chi connectivity index (χ0) is 14.5. The summed E-state index contributed by atoms with van der Waals surface area (Å²) >= 11 is 1.58. The van der Waals surface area contributed by atoms with Gasteiger partial charge in [-0.25, -0.2) is 9.59 Å². The lowest BCUT2D eigenvalue weighted by Crippen LogP contribution is -2.61. The Hall–Kier alpha value is -2.09. The van der Waals surface area contributed by atoms with Crippen LogP contribution in [0, 0.1) is 0 Å². The Morgan fingerprint density at radius 3 is 3.00 bits per heavy atom. The summed E-state index contributed by atoms with van der Waals surface area (Å²) in [4.78, 5) is 35.4. The zero-order valence-corrected chi connectivity index (χ0v) is 11.5. The number of hydrogen-bond acceptors (Lipinski definition) is 4. The topological polar surface area (TPSA) is 98.7 Å². The highest BCUT2D eigenvalue weighted by atomic mass is 32.1. The minimum Gasteiger partial charge on any atom is -0.480 e. The highest BCUT2D eigenvalue weighted by Gasteiger charge is 2.34. The molecule has 1 fully saturated rings. The molecule has 1 aliphatic rings. The number of carboxylic acid groups (broad SMARTS) is 1. The average molecular weight is 297 g/mol. The van der Waals surface area contributed by atoms with Crippen molar-refractivity contribution in [3.05, 3.63) is 22.4 Å². The van der Waals surface area contributed by atoms with E-state index in [4.69, 9.17) is 5.11 Å². The smallest absolute Gasteiger partial charge is 0.328 e. The Labute approximate surface area is 119 Å². The van der Waals surface area contributed by atoms with Crippen molar-refractivity contribution in [2.45, 2.75) is 12.5 Å². The molecule has 108 valence electrons. The van der Waals surface area contributed by atoms with Crippen LogP contribution >= 0.6 is 11.3 Å². The van der Waals surface area contributed by atoms with E-state index in [0.29, 0.717) is 13.0 Å². The van der Waals surface area contributed by atoms with Gasteiger partial charge in [0.1, 0.15) is 12.6 Å². The number of carboxylic acids is 1. The fourth-order valence-electron chi connectivity index (χ4n) is 1.93. The van der Waals surface area contributed by atoms with Crippen molar-refractivity contribution >= 4 is 29.2 Å². The molecule has 0 bridgehead atoms. The van der Waals surface area contributed by atoms with E-state index in [0.717, 1.165) is 10.5 Å². The monoisotopic (exact) mass is 297 g/mol. The van der Waals surface area contributed by atoms with Crippen LogP contribution in [-0.4, -0.2) is 53.6 Å². The number of carbonyl (C=O) groups is 3. The van der Waals surface area contributed by atoms with Gasteiger partial charge in [0.05, 0.1) is 0 Å². The van der Waals surface area contributed by atoms with Gasteiger partial charge in [0.15, 0.2) is 0 Å². The third-order valence-electron chi connectivity index (χ3n) is 3.00. The summed E-state index contributed by atoms with van der Waals surface area (Å²) in [5, 5.41) is 18.1.